The summed E-state index contributed by atoms with van der Waals surface area (Å²) in [6.45, 7) is 0. The van der Waals surface area contributed by atoms with Crippen molar-refractivity contribution in [2.45, 2.75) is 0 Å². The van der Waals surface area contributed by atoms with Gasteiger partial charge in [-0.1, -0.05) is 0 Å². The van der Waals surface area contributed by atoms with Gasteiger partial charge in [0.25, 0.3) is 0 Å². The molecule has 0 aliphatic heterocycles. The van der Waals surface area contributed by atoms with Crippen LogP contribution in [0.15, 0.2) is 6.07 Å². The zero-order chi connectivity index (χ0) is 5.28. The summed E-state index contributed by atoms with van der Waals surface area (Å²) in [6.07, 6.45) is 0. The molecule has 1 aromatic rings. The van der Waals surface area contributed by atoms with E-state index in [0.29, 0.717) is 0 Å². The molecule has 0 aliphatic rings. The van der Waals surface area contributed by atoms with E-state index in [4.69, 9.17) is 5.11 Å². The fourth-order valence-electron chi connectivity index (χ4n) is 0.325. The molecule has 0 fully saturated rings. The van der Waals surface area contributed by atoms with Crippen LogP contribution in [0.1, 0.15) is 0 Å². The van der Waals surface area contributed by atoms with Gasteiger partial charge in [0.2, 0.25) is 0 Å². The zero-order valence-electron chi connectivity index (χ0n) is 3.55. The molecule has 0 spiro atoms. The van der Waals surface area contributed by atoms with Gasteiger partial charge in [0.15, 0.2) is 0 Å². The van der Waals surface area contributed by atoms with E-state index < -0.39 is 0 Å². The second kappa shape index (κ2) is 1.58. The van der Waals surface area contributed by atoms with Crippen molar-refractivity contribution in [3.63, 3.8) is 0 Å². The first-order valence-electron chi connectivity index (χ1n) is 1.79. The van der Waals surface area contributed by atoms with Gasteiger partial charge in [0.1, 0.15) is 0 Å². The number of nitrogens with zero attached hydrogens (tertiary/aromatic N) is 1. The fraction of sp³-hybridized carbons (Fsp3) is 0. The number of nitrogens with one attached hydrogen (secondary N) is 1. The van der Waals surface area contributed by atoms with E-state index in [9.17, 15) is 0 Å². The Labute approximate surface area is 49.2 Å². The van der Waals surface area contributed by atoms with Gasteiger partial charge < -0.3 is 0 Å². The predicted molar refractivity (Wildman–Crippen MR) is 28.4 cm³/mol. The van der Waals surface area contributed by atoms with Crippen molar-refractivity contribution in [1.82, 2.24) is 10.2 Å². The van der Waals surface area contributed by atoms with Gasteiger partial charge in [0.05, 0.1) is 0 Å². The normalized spacial score (nSPS) is 9.29. The van der Waals surface area contributed by atoms with Crippen LogP contribution in [0.5, 0.6) is 5.88 Å². The van der Waals surface area contributed by atoms with Crippen LogP contribution in [-0.2, 0) is 0 Å². The number of rotatable bonds is 0. The standard InChI is InChI=1S/C3H5AsN2O/c4-2-1-3(7)6-5-2/h1H,4H2,(H2,5,6,7). The Morgan fingerprint density at radius 1 is 1.86 bits per heavy atom. The second-order valence-corrected chi connectivity index (χ2v) is 2.49. The van der Waals surface area contributed by atoms with E-state index in [1.54, 1.807) is 6.07 Å². The van der Waals surface area contributed by atoms with Crippen LogP contribution in [0.25, 0.3) is 0 Å². The molecule has 0 bridgehead atoms. The Morgan fingerprint density at radius 2 is 2.57 bits per heavy atom. The minimum atomic E-state index is 0.0689. The Morgan fingerprint density at radius 3 is 2.71 bits per heavy atom. The SMILES string of the molecule is Oc1cc([AsH2])[nH]n1. The van der Waals surface area contributed by atoms with Crippen LogP contribution in [0.2, 0.25) is 0 Å². The van der Waals surface area contributed by atoms with Crippen molar-refractivity contribution < 1.29 is 5.11 Å². The molecule has 1 unspecified atom stereocenters. The molecular weight excluding hydrogens is 155 g/mol. The average Bonchev–Trinajstić information content (AvgIpc) is 1.87. The van der Waals surface area contributed by atoms with Gasteiger partial charge in [-0.3, -0.25) is 0 Å². The molecule has 1 aromatic heterocycles. The van der Waals surface area contributed by atoms with Gasteiger partial charge in [-0.05, 0) is 0 Å². The first-order valence-corrected chi connectivity index (χ1v) is 3.00. The van der Waals surface area contributed by atoms with E-state index >= 15 is 0 Å². The Balaban J connectivity index is 3.04. The third kappa shape index (κ3) is 0.966. The molecule has 0 saturated heterocycles. The number of aromatic hydroxyl groups is 1. The van der Waals surface area contributed by atoms with Crippen LogP contribution >= 0.6 is 0 Å². The number of aromatic nitrogens is 2. The molecule has 1 rings (SSSR count). The monoisotopic (exact) mass is 160 g/mol. The second-order valence-electron chi connectivity index (χ2n) is 1.18. The van der Waals surface area contributed by atoms with Crippen molar-refractivity contribution in [2.24, 2.45) is 0 Å². The molecule has 0 saturated carbocycles. The molecule has 0 aliphatic carbocycles. The van der Waals surface area contributed by atoms with E-state index in [2.05, 4.69) is 10.2 Å². The molecule has 1 heterocycles. The van der Waals surface area contributed by atoms with Gasteiger partial charge in [-0.15, -0.1) is 0 Å². The van der Waals surface area contributed by atoms with E-state index in [-0.39, 0.29) is 5.88 Å². The Kier molecular flexibility index (Phi) is 1.07. The van der Waals surface area contributed by atoms with Crippen LogP contribution in [0.4, 0.5) is 0 Å². The summed E-state index contributed by atoms with van der Waals surface area (Å²) in [5, 5.41) is 14.6. The van der Waals surface area contributed by atoms with Crippen molar-refractivity contribution >= 4 is 21.3 Å². The molecule has 3 nitrogen and oxygen atoms in total. The number of hydrogen-bond acceptors (Lipinski definition) is 2. The summed E-state index contributed by atoms with van der Waals surface area (Å²) in [7, 11) is 0. The van der Waals surface area contributed by atoms with Crippen molar-refractivity contribution in [1.29, 1.82) is 0 Å². The topological polar surface area (TPSA) is 48.9 Å². The first-order chi connectivity index (χ1) is 3.29. The zero-order valence-corrected chi connectivity index (χ0v) is 5.97. The molecule has 7 heavy (non-hydrogen) atoms. The van der Waals surface area contributed by atoms with Crippen LogP contribution < -0.4 is 4.48 Å². The van der Waals surface area contributed by atoms with E-state index in [1.807, 2.05) is 0 Å². The number of hydrogen-bond donors (Lipinski definition) is 2. The average molecular weight is 160 g/mol. The Bertz CT molecular complexity index is 145. The van der Waals surface area contributed by atoms with Gasteiger partial charge in [0, 0.05) is 0 Å². The third-order valence-electron chi connectivity index (χ3n) is 0.584. The fourth-order valence-corrected chi connectivity index (χ4v) is 0.774. The molecule has 4 heteroatoms. The molecule has 1 atom stereocenters. The molecule has 0 aromatic carbocycles. The van der Waals surface area contributed by atoms with E-state index in [0.717, 1.165) is 4.48 Å². The summed E-state index contributed by atoms with van der Waals surface area (Å²) in [6, 6.07) is 1.58. The first kappa shape index (κ1) is 4.72. The molecular formula is C3H5AsN2O. The van der Waals surface area contributed by atoms with Crippen LogP contribution in [0.3, 0.4) is 0 Å². The summed E-state index contributed by atoms with van der Waals surface area (Å²) in [4.78, 5) is 0. The minimum absolute atomic E-state index is 0.0689. The van der Waals surface area contributed by atoms with Gasteiger partial charge in [-0.2, -0.15) is 0 Å². The Hall–Kier alpha value is -0.432. The van der Waals surface area contributed by atoms with Crippen molar-refractivity contribution in [3.8, 4) is 5.88 Å². The predicted octanol–water partition coefficient (Wildman–Crippen LogP) is -1.63. The molecule has 38 valence electrons. The summed E-state index contributed by atoms with van der Waals surface area (Å²) in [5.41, 5.74) is 0. The summed E-state index contributed by atoms with van der Waals surface area (Å²) in [5.74, 6) is 0.0689. The van der Waals surface area contributed by atoms with Crippen LogP contribution in [-0.4, -0.2) is 32.2 Å². The molecule has 0 radical (unpaired) electrons. The third-order valence-corrected chi connectivity index (χ3v) is 1.20. The maximum atomic E-state index is 8.52. The van der Waals surface area contributed by atoms with E-state index in [1.165, 1.54) is 16.9 Å². The van der Waals surface area contributed by atoms with Gasteiger partial charge in [-0.25, -0.2) is 0 Å². The number of aromatic amines is 1. The van der Waals surface area contributed by atoms with Crippen molar-refractivity contribution in [3.05, 3.63) is 6.07 Å². The molecule has 0 amide bonds. The van der Waals surface area contributed by atoms with Gasteiger partial charge >= 0.3 is 48.6 Å². The number of H-pyrrole nitrogens is 1. The summed E-state index contributed by atoms with van der Waals surface area (Å²) >= 11 is 1.42. The summed E-state index contributed by atoms with van der Waals surface area (Å²) < 4.78 is 0.935. The maximum absolute atomic E-state index is 8.52. The van der Waals surface area contributed by atoms with Crippen molar-refractivity contribution in [2.75, 3.05) is 0 Å². The quantitative estimate of drug-likeness (QED) is 0.448. The molecule has 2 N–H and O–H groups in total. The van der Waals surface area contributed by atoms with Crippen LogP contribution in [0, 0.1) is 0 Å².